The molecule has 0 nitrogen and oxygen atoms in total. The third kappa shape index (κ3) is 2.41. The molecule has 99 valence electrons. The van der Waals surface area contributed by atoms with Gasteiger partial charge >= 0.3 is 0 Å². The second-order valence-electron chi connectivity index (χ2n) is 5.36. The molecule has 0 N–H and O–H groups in total. The van der Waals surface area contributed by atoms with Crippen LogP contribution in [0.25, 0.3) is 21.5 Å². The van der Waals surface area contributed by atoms with Crippen LogP contribution in [0, 0.1) is 6.42 Å². The monoisotopic (exact) mass is 267 g/mol. The molecule has 0 heterocycles. The van der Waals surface area contributed by atoms with Gasteiger partial charge in [0, 0.05) is 6.42 Å². The van der Waals surface area contributed by atoms with Crippen molar-refractivity contribution in [1.29, 1.82) is 0 Å². The highest BCUT2D eigenvalue weighted by molar-refractivity contribution is 5.85. The molecule has 1 radical (unpaired) electrons. The van der Waals surface area contributed by atoms with Crippen molar-refractivity contribution < 1.29 is 0 Å². The Labute approximate surface area is 124 Å². The van der Waals surface area contributed by atoms with Gasteiger partial charge in [0.25, 0.3) is 0 Å². The van der Waals surface area contributed by atoms with Crippen LogP contribution in [0.2, 0.25) is 0 Å². The summed E-state index contributed by atoms with van der Waals surface area (Å²) in [6.45, 7) is 0. The smallest absolute Gasteiger partial charge is 0.0199 e. The summed E-state index contributed by atoms with van der Waals surface area (Å²) in [6, 6.07) is 30.1. The van der Waals surface area contributed by atoms with Crippen molar-refractivity contribution in [2.75, 3.05) is 0 Å². The van der Waals surface area contributed by atoms with Crippen molar-refractivity contribution in [2.45, 2.75) is 0 Å². The molecular weight excluding hydrogens is 252 g/mol. The summed E-state index contributed by atoms with van der Waals surface area (Å²) in [4.78, 5) is 0. The molecule has 21 heavy (non-hydrogen) atoms. The fourth-order valence-electron chi connectivity index (χ4n) is 2.79. The van der Waals surface area contributed by atoms with Gasteiger partial charge in [0.05, 0.1) is 0 Å². The molecule has 0 unspecified atom stereocenters. The van der Waals surface area contributed by atoms with Crippen LogP contribution in [-0.2, 0) is 0 Å². The van der Waals surface area contributed by atoms with E-state index in [1.165, 1.54) is 32.7 Å². The van der Waals surface area contributed by atoms with Crippen LogP contribution in [0.4, 0.5) is 0 Å². The van der Waals surface area contributed by atoms with E-state index in [2.05, 4.69) is 91.3 Å². The Morgan fingerprint density at radius 3 is 1.33 bits per heavy atom. The van der Waals surface area contributed by atoms with E-state index < -0.39 is 0 Å². The van der Waals surface area contributed by atoms with Gasteiger partial charge in [0.1, 0.15) is 0 Å². The van der Waals surface area contributed by atoms with Crippen LogP contribution in [0.5, 0.6) is 0 Å². The highest BCUT2D eigenvalue weighted by Crippen LogP contribution is 2.22. The molecular formula is C21H15. The summed E-state index contributed by atoms with van der Waals surface area (Å²) in [5, 5.41) is 5.14. The molecule has 0 bridgehead atoms. The van der Waals surface area contributed by atoms with Gasteiger partial charge in [-0.05, 0) is 32.7 Å². The number of hydrogen-bond donors (Lipinski definition) is 0. The number of rotatable bonds is 2. The van der Waals surface area contributed by atoms with Crippen LogP contribution in [0.15, 0.2) is 84.9 Å². The molecule has 0 heteroatoms. The Hall–Kier alpha value is -2.60. The summed E-state index contributed by atoms with van der Waals surface area (Å²) in [5.41, 5.74) is 2.48. The Morgan fingerprint density at radius 1 is 0.429 bits per heavy atom. The molecule has 0 amide bonds. The van der Waals surface area contributed by atoms with Crippen LogP contribution in [0.3, 0.4) is 0 Å². The van der Waals surface area contributed by atoms with Gasteiger partial charge in [0.2, 0.25) is 0 Å². The molecule has 0 fully saturated rings. The van der Waals surface area contributed by atoms with Gasteiger partial charge in [-0.3, -0.25) is 0 Å². The predicted molar refractivity (Wildman–Crippen MR) is 90.4 cm³/mol. The molecule has 0 saturated carbocycles. The first-order chi connectivity index (χ1) is 10.4. The van der Waals surface area contributed by atoms with Crippen LogP contribution in [-0.4, -0.2) is 0 Å². The van der Waals surface area contributed by atoms with Crippen molar-refractivity contribution in [3.63, 3.8) is 0 Å². The number of fused-ring (bicyclic) bond motifs is 2. The minimum atomic E-state index is 1.24. The normalized spacial score (nSPS) is 11.0. The molecule has 0 aliphatic carbocycles. The number of hydrogen-bond acceptors (Lipinski definition) is 0. The van der Waals surface area contributed by atoms with E-state index in [9.17, 15) is 0 Å². The van der Waals surface area contributed by atoms with E-state index in [0.29, 0.717) is 0 Å². The van der Waals surface area contributed by atoms with Crippen LogP contribution in [0.1, 0.15) is 11.1 Å². The fourth-order valence-corrected chi connectivity index (χ4v) is 2.79. The lowest BCUT2D eigenvalue weighted by molar-refractivity contribution is 1.47. The van der Waals surface area contributed by atoms with Crippen molar-refractivity contribution in [3.8, 4) is 0 Å². The first kappa shape index (κ1) is 12.2. The van der Waals surface area contributed by atoms with Crippen LogP contribution >= 0.6 is 0 Å². The quantitative estimate of drug-likeness (QED) is 0.444. The molecule has 4 rings (SSSR count). The number of benzene rings is 4. The van der Waals surface area contributed by atoms with Crippen molar-refractivity contribution in [2.24, 2.45) is 0 Å². The van der Waals surface area contributed by atoms with Crippen LogP contribution < -0.4 is 0 Å². The van der Waals surface area contributed by atoms with Crippen molar-refractivity contribution in [1.82, 2.24) is 0 Å². The lowest BCUT2D eigenvalue weighted by Crippen LogP contribution is -1.86. The zero-order valence-electron chi connectivity index (χ0n) is 11.7. The highest BCUT2D eigenvalue weighted by Gasteiger charge is 2.00. The average Bonchev–Trinajstić information content (AvgIpc) is 2.55. The maximum atomic E-state index is 2.24. The second-order valence-corrected chi connectivity index (χ2v) is 5.36. The summed E-state index contributed by atoms with van der Waals surface area (Å²) < 4.78 is 0. The maximum Gasteiger partial charge on any atom is 0.0199 e. The summed E-state index contributed by atoms with van der Waals surface area (Å²) in [6.07, 6.45) is 2.24. The van der Waals surface area contributed by atoms with E-state index in [1.807, 2.05) is 0 Å². The van der Waals surface area contributed by atoms with Crippen molar-refractivity contribution >= 4 is 21.5 Å². The molecule has 0 saturated heterocycles. The van der Waals surface area contributed by atoms with Gasteiger partial charge in [-0.1, -0.05) is 84.9 Å². The Balaban J connectivity index is 1.71. The van der Waals surface area contributed by atoms with E-state index in [0.717, 1.165) is 0 Å². The standard InChI is InChI=1S/C21H15/c1-3-7-20-14-16(9-11-18(20)5-1)13-17-10-12-19-6-2-4-8-21(19)15-17/h1-15H. The Kier molecular flexibility index (Phi) is 2.93. The van der Waals surface area contributed by atoms with E-state index >= 15 is 0 Å². The van der Waals surface area contributed by atoms with Gasteiger partial charge in [-0.15, -0.1) is 0 Å². The minimum absolute atomic E-state index is 1.24. The lowest BCUT2D eigenvalue weighted by Gasteiger charge is -2.05. The second kappa shape index (κ2) is 5.06. The third-order valence-corrected chi connectivity index (χ3v) is 3.88. The zero-order chi connectivity index (χ0) is 14.1. The van der Waals surface area contributed by atoms with Gasteiger partial charge in [-0.2, -0.15) is 0 Å². The molecule has 4 aromatic rings. The first-order valence-electron chi connectivity index (χ1n) is 7.21. The SMILES string of the molecule is [CH](c1ccc2ccccc2c1)c1ccc2ccccc2c1. The lowest BCUT2D eigenvalue weighted by atomic mass is 9.99. The summed E-state index contributed by atoms with van der Waals surface area (Å²) in [5.74, 6) is 0. The fraction of sp³-hybridized carbons (Fsp3) is 0. The molecule has 0 spiro atoms. The highest BCUT2D eigenvalue weighted by atomic mass is 14.0. The van der Waals surface area contributed by atoms with E-state index in [4.69, 9.17) is 0 Å². The predicted octanol–water partition coefficient (Wildman–Crippen LogP) is 5.59. The third-order valence-electron chi connectivity index (χ3n) is 3.88. The molecule has 4 aromatic carbocycles. The van der Waals surface area contributed by atoms with Crippen molar-refractivity contribution in [3.05, 3.63) is 102 Å². The largest absolute Gasteiger partial charge is 0.0616 e. The van der Waals surface area contributed by atoms with Gasteiger partial charge in [-0.25, -0.2) is 0 Å². The molecule has 0 aliphatic rings. The molecule has 0 aromatic heterocycles. The summed E-state index contributed by atoms with van der Waals surface area (Å²) in [7, 11) is 0. The molecule has 0 aliphatic heterocycles. The topological polar surface area (TPSA) is 0 Å². The first-order valence-corrected chi connectivity index (χ1v) is 7.21. The zero-order valence-corrected chi connectivity index (χ0v) is 11.7. The van der Waals surface area contributed by atoms with Gasteiger partial charge in [0.15, 0.2) is 0 Å². The summed E-state index contributed by atoms with van der Waals surface area (Å²) >= 11 is 0. The Morgan fingerprint density at radius 2 is 0.857 bits per heavy atom. The molecule has 0 atom stereocenters. The van der Waals surface area contributed by atoms with Gasteiger partial charge < -0.3 is 0 Å². The van der Waals surface area contributed by atoms with E-state index in [-0.39, 0.29) is 0 Å². The maximum absolute atomic E-state index is 2.24. The van der Waals surface area contributed by atoms with E-state index in [1.54, 1.807) is 0 Å². The Bertz CT molecular complexity index is 842. The minimum Gasteiger partial charge on any atom is -0.0616 e. The average molecular weight is 267 g/mol.